The van der Waals surface area contributed by atoms with Gasteiger partial charge in [0.1, 0.15) is 0 Å². The minimum absolute atomic E-state index is 0.0414. The second-order valence-corrected chi connectivity index (χ2v) is 6.25. The molecular formula is C13H22N4O3S. The predicted octanol–water partition coefficient (Wildman–Crippen LogP) is -0.0959. The van der Waals surface area contributed by atoms with Crippen LogP contribution in [0.5, 0.6) is 0 Å². The number of hydrogen-bond acceptors (Lipinski definition) is 4. The lowest BCUT2D eigenvalue weighted by molar-refractivity contribution is 0.179. The molecule has 0 aliphatic rings. The molecule has 0 heterocycles. The van der Waals surface area contributed by atoms with Crippen LogP contribution in [0.3, 0.4) is 0 Å². The highest BCUT2D eigenvalue weighted by Gasteiger charge is 2.11. The molecule has 7 nitrogen and oxygen atoms in total. The highest BCUT2D eigenvalue weighted by Crippen LogP contribution is 2.06. The molecule has 4 N–H and O–H groups in total. The molecule has 0 aliphatic carbocycles. The Balaban J connectivity index is 2.40. The van der Waals surface area contributed by atoms with Gasteiger partial charge in [-0.1, -0.05) is 18.2 Å². The Labute approximate surface area is 125 Å². The van der Waals surface area contributed by atoms with E-state index in [2.05, 4.69) is 15.0 Å². The van der Waals surface area contributed by atoms with E-state index < -0.39 is 10.0 Å². The fourth-order valence-corrected chi connectivity index (χ4v) is 2.67. The third kappa shape index (κ3) is 6.56. The molecule has 1 rings (SSSR count). The molecule has 118 valence electrons. The van der Waals surface area contributed by atoms with E-state index in [0.29, 0.717) is 6.61 Å². The third-order valence-electron chi connectivity index (χ3n) is 2.55. The predicted molar refractivity (Wildman–Crippen MR) is 82.6 cm³/mol. The molecule has 1 unspecified atom stereocenters. The van der Waals surface area contributed by atoms with Gasteiger partial charge in [0.15, 0.2) is 5.96 Å². The van der Waals surface area contributed by atoms with E-state index in [4.69, 9.17) is 10.5 Å². The van der Waals surface area contributed by atoms with Crippen molar-refractivity contribution in [1.29, 1.82) is 0 Å². The van der Waals surface area contributed by atoms with Crippen molar-refractivity contribution in [3.05, 3.63) is 30.3 Å². The van der Waals surface area contributed by atoms with E-state index in [0.717, 1.165) is 0 Å². The Morgan fingerprint density at radius 1 is 1.38 bits per heavy atom. The fraction of sp³-hybridized carbons (Fsp3) is 0.462. The Bertz CT molecular complexity index is 546. The van der Waals surface area contributed by atoms with Gasteiger partial charge in [-0.15, -0.1) is 0 Å². The number of nitrogens with one attached hydrogen (secondary N) is 2. The molecule has 1 aromatic carbocycles. The largest absolute Gasteiger partial charge is 0.383 e. The van der Waals surface area contributed by atoms with Crippen LogP contribution < -0.4 is 15.8 Å². The average molecular weight is 314 g/mol. The summed E-state index contributed by atoms with van der Waals surface area (Å²) in [7, 11) is -1.89. The van der Waals surface area contributed by atoms with Gasteiger partial charge >= 0.3 is 0 Å². The SMILES string of the molecule is COCC(C)NC(N)=NCCNS(=O)(=O)c1ccccc1. The van der Waals surface area contributed by atoms with E-state index in [-0.39, 0.29) is 30.0 Å². The maximum Gasteiger partial charge on any atom is 0.240 e. The van der Waals surface area contributed by atoms with Crippen molar-refractivity contribution in [3.63, 3.8) is 0 Å². The minimum Gasteiger partial charge on any atom is -0.383 e. The minimum atomic E-state index is -3.49. The number of ether oxygens (including phenoxy) is 1. The van der Waals surface area contributed by atoms with Crippen molar-refractivity contribution >= 4 is 16.0 Å². The summed E-state index contributed by atoms with van der Waals surface area (Å²) in [6, 6.07) is 8.22. The lowest BCUT2D eigenvalue weighted by atomic mass is 10.4. The van der Waals surface area contributed by atoms with Crippen LogP contribution in [0, 0.1) is 0 Å². The van der Waals surface area contributed by atoms with Crippen molar-refractivity contribution in [2.24, 2.45) is 10.7 Å². The summed E-state index contributed by atoms with van der Waals surface area (Å²) in [4.78, 5) is 4.27. The Kier molecular flexibility index (Phi) is 7.13. The van der Waals surface area contributed by atoms with Gasteiger partial charge in [0, 0.05) is 19.7 Å². The monoisotopic (exact) mass is 314 g/mol. The molecule has 1 atom stereocenters. The number of sulfonamides is 1. The summed E-state index contributed by atoms with van der Waals surface area (Å²) in [5.41, 5.74) is 5.67. The van der Waals surface area contributed by atoms with Crippen LogP contribution in [0.25, 0.3) is 0 Å². The molecule has 0 fully saturated rings. The summed E-state index contributed by atoms with van der Waals surface area (Å²) in [5, 5.41) is 2.94. The zero-order chi connectivity index (χ0) is 15.7. The standard InChI is InChI=1S/C13H22N4O3S/c1-11(10-20-2)17-13(14)15-8-9-16-21(18,19)12-6-4-3-5-7-12/h3-7,11,16H,8-10H2,1-2H3,(H3,14,15,17). The number of guanidine groups is 1. The van der Waals surface area contributed by atoms with Crippen LogP contribution in [0.15, 0.2) is 40.2 Å². The molecule has 0 saturated heterocycles. The van der Waals surface area contributed by atoms with Gasteiger partial charge in [-0.25, -0.2) is 13.1 Å². The van der Waals surface area contributed by atoms with E-state index >= 15 is 0 Å². The van der Waals surface area contributed by atoms with Gasteiger partial charge in [-0.3, -0.25) is 4.99 Å². The molecule has 0 spiro atoms. The van der Waals surface area contributed by atoms with Crippen LogP contribution >= 0.6 is 0 Å². The third-order valence-corrected chi connectivity index (χ3v) is 4.03. The number of nitrogens with two attached hydrogens (primary N) is 1. The molecular weight excluding hydrogens is 292 g/mol. The van der Waals surface area contributed by atoms with E-state index in [1.165, 1.54) is 12.1 Å². The maximum atomic E-state index is 11.9. The van der Waals surface area contributed by atoms with E-state index in [9.17, 15) is 8.42 Å². The number of aliphatic imine (C=N–C) groups is 1. The van der Waals surface area contributed by atoms with Crippen molar-refractivity contribution < 1.29 is 13.2 Å². The molecule has 21 heavy (non-hydrogen) atoms. The summed E-state index contributed by atoms with van der Waals surface area (Å²) in [6.45, 7) is 2.85. The summed E-state index contributed by atoms with van der Waals surface area (Å²) in [5.74, 6) is 0.262. The second-order valence-electron chi connectivity index (χ2n) is 4.48. The maximum absolute atomic E-state index is 11.9. The first-order valence-electron chi connectivity index (χ1n) is 6.56. The first-order valence-corrected chi connectivity index (χ1v) is 8.04. The lowest BCUT2D eigenvalue weighted by Gasteiger charge is -2.13. The van der Waals surface area contributed by atoms with Crippen molar-refractivity contribution in [3.8, 4) is 0 Å². The van der Waals surface area contributed by atoms with Gasteiger partial charge in [0.05, 0.1) is 18.0 Å². The summed E-state index contributed by atoms with van der Waals surface area (Å²) >= 11 is 0. The Morgan fingerprint density at radius 2 is 2.05 bits per heavy atom. The van der Waals surface area contributed by atoms with Crippen LogP contribution in [-0.2, 0) is 14.8 Å². The highest BCUT2D eigenvalue weighted by molar-refractivity contribution is 7.89. The topological polar surface area (TPSA) is 106 Å². The van der Waals surface area contributed by atoms with Crippen LogP contribution in [0.1, 0.15) is 6.92 Å². The molecule has 0 saturated carbocycles. The summed E-state index contributed by atoms with van der Waals surface area (Å²) < 4.78 is 31.3. The highest BCUT2D eigenvalue weighted by atomic mass is 32.2. The Hall–Kier alpha value is -1.64. The first kappa shape index (κ1) is 17.4. The lowest BCUT2D eigenvalue weighted by Crippen LogP contribution is -2.41. The van der Waals surface area contributed by atoms with Crippen molar-refractivity contribution in [2.75, 3.05) is 26.8 Å². The number of methoxy groups -OCH3 is 1. The van der Waals surface area contributed by atoms with Crippen molar-refractivity contribution in [2.45, 2.75) is 17.9 Å². The molecule has 0 bridgehead atoms. The average Bonchev–Trinajstić information content (AvgIpc) is 2.45. The van der Waals surface area contributed by atoms with E-state index in [1.54, 1.807) is 25.3 Å². The van der Waals surface area contributed by atoms with Gasteiger partial charge in [0.25, 0.3) is 0 Å². The molecule has 0 radical (unpaired) electrons. The van der Waals surface area contributed by atoms with Crippen LogP contribution in [0.4, 0.5) is 0 Å². The van der Waals surface area contributed by atoms with Crippen molar-refractivity contribution in [1.82, 2.24) is 10.0 Å². The molecule has 0 aliphatic heterocycles. The molecule has 1 aromatic rings. The van der Waals surface area contributed by atoms with E-state index in [1.807, 2.05) is 6.92 Å². The van der Waals surface area contributed by atoms with Gasteiger partial charge in [0.2, 0.25) is 10.0 Å². The quantitative estimate of drug-likeness (QED) is 0.353. The number of benzene rings is 1. The van der Waals surface area contributed by atoms with Crippen LogP contribution in [0.2, 0.25) is 0 Å². The first-order chi connectivity index (χ1) is 9.95. The number of nitrogens with zero attached hydrogens (tertiary/aromatic N) is 1. The molecule has 0 aromatic heterocycles. The molecule has 0 amide bonds. The van der Waals surface area contributed by atoms with Crippen LogP contribution in [-0.4, -0.2) is 47.2 Å². The van der Waals surface area contributed by atoms with Gasteiger partial charge in [-0.2, -0.15) is 0 Å². The Morgan fingerprint density at radius 3 is 2.67 bits per heavy atom. The summed E-state index contributed by atoms with van der Waals surface area (Å²) in [6.07, 6.45) is 0. The second kappa shape index (κ2) is 8.60. The van der Waals surface area contributed by atoms with Gasteiger partial charge in [-0.05, 0) is 19.1 Å². The zero-order valence-electron chi connectivity index (χ0n) is 12.2. The fourth-order valence-electron chi connectivity index (χ4n) is 1.63. The number of hydrogen-bond donors (Lipinski definition) is 3. The smallest absolute Gasteiger partial charge is 0.240 e. The molecule has 8 heteroatoms. The van der Waals surface area contributed by atoms with Gasteiger partial charge < -0.3 is 15.8 Å². The normalized spacial score (nSPS) is 13.9. The zero-order valence-corrected chi connectivity index (χ0v) is 13.1. The number of rotatable bonds is 8.